The van der Waals surface area contributed by atoms with Gasteiger partial charge in [0.1, 0.15) is 0 Å². The number of hydrogen-bond donors (Lipinski definition) is 1. The maximum atomic E-state index is 12.1. The summed E-state index contributed by atoms with van der Waals surface area (Å²) in [7, 11) is -0.648. The van der Waals surface area contributed by atoms with E-state index >= 15 is 0 Å². The van der Waals surface area contributed by atoms with Crippen LogP contribution in [-0.4, -0.2) is 32.7 Å². The third kappa shape index (κ3) is 3.44. The Balaban J connectivity index is 3.23. The van der Waals surface area contributed by atoms with E-state index in [1.165, 1.54) is 39.2 Å². The highest BCUT2D eigenvalue weighted by Gasteiger charge is 2.21. The first kappa shape index (κ1) is 14.9. The lowest BCUT2D eigenvalue weighted by Crippen LogP contribution is -2.26. The predicted octanol–water partition coefficient (Wildman–Crippen LogP) is 1.23. The Kier molecular flexibility index (Phi) is 4.72. The van der Waals surface area contributed by atoms with E-state index in [-0.39, 0.29) is 17.3 Å². The van der Waals surface area contributed by atoms with Gasteiger partial charge in [0.05, 0.1) is 4.90 Å². The number of sulfonamides is 1. The number of rotatable bonds is 4. The largest absolute Gasteiger partial charge is 0.352 e. The van der Waals surface area contributed by atoms with Gasteiger partial charge in [-0.05, 0) is 23.8 Å². The molecule has 7 heteroatoms. The van der Waals surface area contributed by atoms with Crippen molar-refractivity contribution >= 4 is 27.5 Å². The van der Waals surface area contributed by atoms with E-state index in [0.29, 0.717) is 10.6 Å². The molecule has 0 fully saturated rings. The highest BCUT2D eigenvalue weighted by atomic mass is 35.5. The van der Waals surface area contributed by atoms with Crippen LogP contribution in [0.15, 0.2) is 23.1 Å². The van der Waals surface area contributed by atoms with Crippen LogP contribution in [0.25, 0.3) is 0 Å². The second kappa shape index (κ2) is 5.69. The minimum atomic E-state index is -3.55. The normalized spacial score (nSPS) is 11.6. The molecule has 0 heterocycles. The van der Waals surface area contributed by atoms with Gasteiger partial charge in [-0.3, -0.25) is 4.79 Å². The van der Waals surface area contributed by atoms with Crippen LogP contribution in [0.4, 0.5) is 0 Å². The quantitative estimate of drug-likeness (QED) is 0.907. The van der Waals surface area contributed by atoms with Gasteiger partial charge in [-0.25, -0.2) is 12.7 Å². The van der Waals surface area contributed by atoms with Gasteiger partial charge in [0.2, 0.25) is 15.9 Å². The monoisotopic (exact) mass is 290 g/mol. The van der Waals surface area contributed by atoms with Gasteiger partial charge in [0.25, 0.3) is 0 Å². The van der Waals surface area contributed by atoms with Crippen molar-refractivity contribution in [1.29, 1.82) is 0 Å². The second-order valence-electron chi connectivity index (χ2n) is 3.95. The third-order valence-electron chi connectivity index (χ3n) is 2.31. The molecule has 0 bridgehead atoms. The van der Waals surface area contributed by atoms with E-state index in [1.807, 2.05) is 0 Å². The summed E-state index contributed by atoms with van der Waals surface area (Å²) in [5.74, 6) is -0.233. The molecule has 0 saturated carbocycles. The molecular weight excluding hydrogens is 276 g/mol. The van der Waals surface area contributed by atoms with Gasteiger partial charge < -0.3 is 5.32 Å². The van der Waals surface area contributed by atoms with E-state index in [1.54, 1.807) is 0 Å². The fraction of sp³-hybridized carbons (Fsp3) is 0.364. The minimum Gasteiger partial charge on any atom is -0.352 e. The summed E-state index contributed by atoms with van der Waals surface area (Å²) in [5.41, 5.74) is 0.464. The summed E-state index contributed by atoms with van der Waals surface area (Å²) in [6.45, 7) is 1.49. The molecule has 1 N–H and O–H groups in total. The Labute approximate surface area is 112 Å². The third-order valence-corrected chi connectivity index (χ3v) is 4.46. The number of halogens is 1. The molecule has 100 valence electrons. The van der Waals surface area contributed by atoms with Crippen molar-refractivity contribution in [3.8, 4) is 0 Å². The summed E-state index contributed by atoms with van der Waals surface area (Å²) in [6.07, 6.45) is 0. The van der Waals surface area contributed by atoms with Gasteiger partial charge in [-0.15, -0.1) is 0 Å². The summed E-state index contributed by atoms with van der Waals surface area (Å²) in [5, 5.41) is 2.98. The lowest BCUT2D eigenvalue weighted by molar-refractivity contribution is -0.119. The SMILES string of the molecule is CC(=O)NCc1cc(Cl)ccc1S(=O)(=O)N(C)C. The molecule has 1 amide bonds. The average molecular weight is 291 g/mol. The maximum absolute atomic E-state index is 12.1. The van der Waals surface area contributed by atoms with Crippen molar-refractivity contribution in [2.24, 2.45) is 0 Å². The second-order valence-corrected chi connectivity index (χ2v) is 6.51. The molecule has 0 unspecified atom stereocenters. The molecule has 1 rings (SSSR count). The highest BCUT2D eigenvalue weighted by molar-refractivity contribution is 7.89. The predicted molar refractivity (Wildman–Crippen MR) is 69.8 cm³/mol. The average Bonchev–Trinajstić information content (AvgIpc) is 2.25. The number of hydrogen-bond acceptors (Lipinski definition) is 3. The molecule has 1 aromatic carbocycles. The van der Waals surface area contributed by atoms with Crippen LogP contribution in [0.2, 0.25) is 5.02 Å². The van der Waals surface area contributed by atoms with Crippen LogP contribution in [-0.2, 0) is 21.4 Å². The molecule has 0 radical (unpaired) electrons. The van der Waals surface area contributed by atoms with Crippen molar-refractivity contribution in [3.05, 3.63) is 28.8 Å². The van der Waals surface area contributed by atoms with Gasteiger partial charge in [0, 0.05) is 32.6 Å². The molecule has 0 saturated heterocycles. The van der Waals surface area contributed by atoms with Crippen molar-refractivity contribution in [3.63, 3.8) is 0 Å². The van der Waals surface area contributed by atoms with Crippen molar-refractivity contribution in [1.82, 2.24) is 9.62 Å². The van der Waals surface area contributed by atoms with Crippen LogP contribution in [0.5, 0.6) is 0 Å². The number of carbonyl (C=O) groups excluding carboxylic acids is 1. The van der Waals surface area contributed by atoms with E-state index in [4.69, 9.17) is 11.6 Å². The standard InChI is InChI=1S/C11H15ClN2O3S/c1-8(15)13-7-9-6-10(12)4-5-11(9)18(16,17)14(2)3/h4-6H,7H2,1-3H3,(H,13,15). The summed E-state index contributed by atoms with van der Waals surface area (Å²) < 4.78 is 25.3. The molecule has 1 aromatic rings. The van der Waals surface area contributed by atoms with Gasteiger partial charge in [-0.2, -0.15) is 0 Å². The Hall–Kier alpha value is -1.11. The van der Waals surface area contributed by atoms with E-state index in [9.17, 15) is 13.2 Å². The van der Waals surface area contributed by atoms with E-state index < -0.39 is 10.0 Å². The summed E-state index contributed by atoms with van der Waals surface area (Å²) in [4.78, 5) is 11.0. The van der Waals surface area contributed by atoms with Crippen molar-refractivity contribution in [2.45, 2.75) is 18.4 Å². The van der Waals surface area contributed by atoms with Crippen molar-refractivity contribution < 1.29 is 13.2 Å². The summed E-state index contributed by atoms with van der Waals surface area (Å²) >= 11 is 5.84. The minimum absolute atomic E-state index is 0.123. The van der Waals surface area contributed by atoms with E-state index in [0.717, 1.165) is 4.31 Å². The Morgan fingerprint density at radius 3 is 2.50 bits per heavy atom. The number of carbonyl (C=O) groups is 1. The first-order chi connectivity index (χ1) is 8.25. The molecule has 18 heavy (non-hydrogen) atoms. The topological polar surface area (TPSA) is 66.5 Å². The fourth-order valence-corrected chi connectivity index (χ4v) is 2.64. The van der Waals surface area contributed by atoms with E-state index in [2.05, 4.69) is 5.32 Å². The number of amides is 1. The summed E-state index contributed by atoms with van der Waals surface area (Å²) in [6, 6.07) is 4.48. The molecule has 0 aromatic heterocycles. The van der Waals surface area contributed by atoms with Crippen LogP contribution in [0.3, 0.4) is 0 Å². The number of nitrogens with zero attached hydrogens (tertiary/aromatic N) is 1. The van der Waals surface area contributed by atoms with Crippen LogP contribution < -0.4 is 5.32 Å². The first-order valence-electron chi connectivity index (χ1n) is 5.20. The van der Waals surface area contributed by atoms with Gasteiger partial charge >= 0.3 is 0 Å². The Morgan fingerprint density at radius 2 is 2.00 bits per heavy atom. The van der Waals surface area contributed by atoms with Crippen LogP contribution >= 0.6 is 11.6 Å². The molecule has 0 aliphatic carbocycles. The zero-order valence-electron chi connectivity index (χ0n) is 10.4. The Morgan fingerprint density at radius 1 is 1.39 bits per heavy atom. The van der Waals surface area contributed by atoms with Gasteiger partial charge in [-0.1, -0.05) is 11.6 Å². The first-order valence-corrected chi connectivity index (χ1v) is 7.02. The molecule has 0 atom stereocenters. The fourth-order valence-electron chi connectivity index (χ4n) is 1.35. The van der Waals surface area contributed by atoms with Crippen LogP contribution in [0, 0.1) is 0 Å². The van der Waals surface area contributed by atoms with Crippen molar-refractivity contribution in [2.75, 3.05) is 14.1 Å². The molecule has 0 aliphatic rings. The zero-order valence-corrected chi connectivity index (χ0v) is 12.0. The molecule has 0 spiro atoms. The smallest absolute Gasteiger partial charge is 0.242 e. The zero-order chi connectivity index (χ0) is 13.9. The lowest BCUT2D eigenvalue weighted by Gasteiger charge is -2.15. The maximum Gasteiger partial charge on any atom is 0.242 e. The number of nitrogens with one attached hydrogen (secondary N) is 1. The Bertz CT molecular complexity index is 555. The van der Waals surface area contributed by atoms with Crippen LogP contribution in [0.1, 0.15) is 12.5 Å². The number of benzene rings is 1. The molecule has 0 aliphatic heterocycles. The molecule has 5 nitrogen and oxygen atoms in total. The van der Waals surface area contributed by atoms with Gasteiger partial charge in [0.15, 0.2) is 0 Å². The molecular formula is C11H15ClN2O3S. The lowest BCUT2D eigenvalue weighted by atomic mass is 10.2. The highest BCUT2D eigenvalue weighted by Crippen LogP contribution is 2.22.